The monoisotopic (exact) mass is 420 g/mol. The molecule has 1 amide bonds. The summed E-state index contributed by atoms with van der Waals surface area (Å²) in [4.78, 5) is 21.8. The summed E-state index contributed by atoms with van der Waals surface area (Å²) in [5.74, 6) is 0.382. The molecule has 0 radical (unpaired) electrons. The lowest BCUT2D eigenvalue weighted by molar-refractivity contribution is 0.0991. The molecule has 0 saturated carbocycles. The molecule has 0 spiro atoms. The number of hydrogen-bond acceptors (Lipinski definition) is 5. The van der Waals surface area contributed by atoms with Gasteiger partial charge in [0.15, 0.2) is 5.82 Å². The highest BCUT2D eigenvalue weighted by molar-refractivity contribution is 6.08. The van der Waals surface area contributed by atoms with E-state index in [1.807, 2.05) is 30.8 Å². The van der Waals surface area contributed by atoms with Crippen LogP contribution in [0.4, 0.5) is 21.7 Å². The lowest BCUT2D eigenvalue weighted by Gasteiger charge is -2.29. The van der Waals surface area contributed by atoms with Crippen LogP contribution in [-0.2, 0) is 0 Å². The van der Waals surface area contributed by atoms with E-state index in [0.29, 0.717) is 22.8 Å². The number of amides is 1. The Hall–Kier alpha value is -3.42. The Bertz CT molecular complexity index is 1190. The van der Waals surface area contributed by atoms with E-state index in [4.69, 9.17) is 10.8 Å². The van der Waals surface area contributed by atoms with Gasteiger partial charge in [0.2, 0.25) is 0 Å². The van der Waals surface area contributed by atoms with Crippen LogP contribution in [0.1, 0.15) is 54.7 Å². The number of aromatic nitrogens is 3. The zero-order valence-electron chi connectivity index (χ0n) is 17.8. The van der Waals surface area contributed by atoms with Crippen LogP contribution in [0.3, 0.4) is 0 Å². The van der Waals surface area contributed by atoms with E-state index in [9.17, 15) is 9.18 Å². The van der Waals surface area contributed by atoms with Gasteiger partial charge in [0.1, 0.15) is 11.6 Å². The van der Waals surface area contributed by atoms with Crippen molar-refractivity contribution in [1.29, 1.82) is 0 Å². The molecule has 2 aromatic heterocycles. The molecule has 1 saturated heterocycles. The fourth-order valence-corrected chi connectivity index (χ4v) is 4.60. The Balaban J connectivity index is 1.82. The van der Waals surface area contributed by atoms with Crippen molar-refractivity contribution < 1.29 is 9.18 Å². The average molecular weight is 420 g/mol. The third-order valence-electron chi connectivity index (χ3n) is 6.24. The Labute approximate surface area is 180 Å². The van der Waals surface area contributed by atoms with Crippen molar-refractivity contribution in [2.75, 3.05) is 29.1 Å². The number of nitrogens with two attached hydrogens (primary N) is 1. The molecule has 1 atom stereocenters. The summed E-state index contributed by atoms with van der Waals surface area (Å²) in [7, 11) is 1.71. The summed E-state index contributed by atoms with van der Waals surface area (Å²) in [6.45, 7) is 4.83. The molecule has 8 heteroatoms. The first-order valence-corrected chi connectivity index (χ1v) is 10.5. The fourth-order valence-electron chi connectivity index (χ4n) is 4.60. The number of rotatable bonds is 1. The summed E-state index contributed by atoms with van der Waals surface area (Å²) in [6, 6.07) is 6.37. The van der Waals surface area contributed by atoms with Gasteiger partial charge in [0.25, 0.3) is 5.91 Å². The van der Waals surface area contributed by atoms with Crippen molar-refractivity contribution in [2.24, 2.45) is 0 Å². The maximum absolute atomic E-state index is 14.3. The number of benzene rings is 1. The summed E-state index contributed by atoms with van der Waals surface area (Å²) in [5.41, 5.74) is 9.89. The molecule has 31 heavy (non-hydrogen) atoms. The van der Waals surface area contributed by atoms with Crippen LogP contribution in [0.25, 0.3) is 11.1 Å². The molecule has 7 nitrogen and oxygen atoms in total. The fraction of sp³-hybridized carbons (Fsp3) is 0.348. The number of carbonyl (C=O) groups is 1. The van der Waals surface area contributed by atoms with Crippen molar-refractivity contribution in [3.8, 4) is 11.1 Å². The number of halogens is 1. The second-order valence-corrected chi connectivity index (χ2v) is 8.52. The van der Waals surface area contributed by atoms with Gasteiger partial charge in [-0.3, -0.25) is 14.4 Å². The van der Waals surface area contributed by atoms with Gasteiger partial charge in [0, 0.05) is 48.7 Å². The summed E-state index contributed by atoms with van der Waals surface area (Å²) in [6.07, 6.45) is 5.39. The van der Waals surface area contributed by atoms with Crippen molar-refractivity contribution >= 4 is 23.2 Å². The number of hydrogen-bond donors (Lipinski definition) is 1. The first-order chi connectivity index (χ1) is 14.8. The number of fused-ring (bicyclic) bond motifs is 8. The van der Waals surface area contributed by atoms with E-state index < -0.39 is 0 Å². The number of pyridine rings is 1. The standard InChI is InChI=1S/C23H25FN6O/c1-13(2)30-12-18-14-9-20(21(25)26-11-14)29-8-4-5-19(29)17-10-15(24)6-7-16(17)23(31)28(3)22(18)27-30/h6-7,9-13,19H,4-5,8H2,1-3H3,(H2,25,26)/t19-/m1/s1. The molecule has 2 bridgehead atoms. The van der Waals surface area contributed by atoms with Gasteiger partial charge >= 0.3 is 0 Å². The molecule has 5 rings (SSSR count). The highest BCUT2D eigenvalue weighted by Gasteiger charge is 2.34. The minimum atomic E-state index is -0.361. The van der Waals surface area contributed by atoms with Crippen molar-refractivity contribution in [2.45, 2.75) is 38.8 Å². The van der Waals surface area contributed by atoms with Gasteiger partial charge in [0.05, 0.1) is 11.7 Å². The number of nitrogens with zero attached hydrogens (tertiary/aromatic N) is 5. The molecule has 2 N–H and O–H groups in total. The minimum Gasteiger partial charge on any atom is -0.382 e. The van der Waals surface area contributed by atoms with Crippen molar-refractivity contribution in [1.82, 2.24) is 14.8 Å². The zero-order valence-corrected chi connectivity index (χ0v) is 17.8. The Morgan fingerprint density at radius 2 is 2.03 bits per heavy atom. The van der Waals surface area contributed by atoms with E-state index in [1.54, 1.807) is 24.2 Å². The quantitative estimate of drug-likeness (QED) is 0.639. The van der Waals surface area contributed by atoms with Crippen LogP contribution in [-0.4, -0.2) is 34.3 Å². The first-order valence-electron chi connectivity index (χ1n) is 10.5. The van der Waals surface area contributed by atoms with Gasteiger partial charge in [-0.15, -0.1) is 0 Å². The van der Waals surface area contributed by atoms with E-state index in [2.05, 4.69) is 9.88 Å². The predicted molar refractivity (Wildman–Crippen MR) is 119 cm³/mol. The Kier molecular flexibility index (Phi) is 4.46. The predicted octanol–water partition coefficient (Wildman–Crippen LogP) is 4.18. The Morgan fingerprint density at radius 1 is 1.23 bits per heavy atom. The Morgan fingerprint density at radius 3 is 2.81 bits per heavy atom. The molecule has 0 aliphatic carbocycles. The summed E-state index contributed by atoms with van der Waals surface area (Å²) >= 11 is 0. The first kappa shape index (κ1) is 19.5. The maximum atomic E-state index is 14.3. The lowest BCUT2D eigenvalue weighted by atomic mass is 9.97. The van der Waals surface area contributed by atoms with Crippen LogP contribution >= 0.6 is 0 Å². The second kappa shape index (κ2) is 7.08. The molecule has 1 fully saturated rings. The van der Waals surface area contributed by atoms with Gasteiger partial charge in [-0.2, -0.15) is 5.10 Å². The second-order valence-electron chi connectivity index (χ2n) is 8.52. The van der Waals surface area contributed by atoms with E-state index in [0.717, 1.165) is 36.2 Å². The summed E-state index contributed by atoms with van der Waals surface area (Å²) < 4.78 is 16.1. The molecule has 3 aromatic rings. The van der Waals surface area contributed by atoms with E-state index in [-0.39, 0.29) is 23.8 Å². The SMILES string of the molecule is CC(C)n1cc2c(n1)N(C)C(=O)c1ccc(F)cc1[C@H]1CCCN1c1cc-2cnc1N. The minimum absolute atomic E-state index is 0.120. The number of carbonyl (C=O) groups excluding carboxylic acids is 1. The smallest absolute Gasteiger partial charge is 0.259 e. The van der Waals surface area contributed by atoms with Gasteiger partial charge in [-0.25, -0.2) is 9.37 Å². The molecule has 160 valence electrons. The van der Waals surface area contributed by atoms with Crippen LogP contribution in [0.2, 0.25) is 0 Å². The highest BCUT2D eigenvalue weighted by atomic mass is 19.1. The average Bonchev–Trinajstić information content (AvgIpc) is 3.40. The summed E-state index contributed by atoms with van der Waals surface area (Å²) in [5, 5.41) is 4.70. The third kappa shape index (κ3) is 3.05. The highest BCUT2D eigenvalue weighted by Crippen LogP contribution is 2.43. The van der Waals surface area contributed by atoms with Crippen LogP contribution in [0.5, 0.6) is 0 Å². The number of anilines is 3. The molecular formula is C23H25FN6O. The van der Waals surface area contributed by atoms with E-state index >= 15 is 0 Å². The lowest BCUT2D eigenvalue weighted by Crippen LogP contribution is -2.30. The molecule has 0 unspecified atom stereocenters. The van der Waals surface area contributed by atoms with E-state index in [1.165, 1.54) is 12.1 Å². The van der Waals surface area contributed by atoms with Crippen LogP contribution in [0, 0.1) is 5.82 Å². The number of nitrogen functional groups attached to an aromatic ring is 1. The topological polar surface area (TPSA) is 80.3 Å². The van der Waals surface area contributed by atoms with Gasteiger partial charge < -0.3 is 10.6 Å². The molecule has 2 aliphatic rings. The van der Waals surface area contributed by atoms with Gasteiger partial charge in [-0.1, -0.05) is 0 Å². The van der Waals surface area contributed by atoms with Gasteiger partial charge in [-0.05, 0) is 56.5 Å². The van der Waals surface area contributed by atoms with Crippen LogP contribution < -0.4 is 15.5 Å². The van der Waals surface area contributed by atoms with Crippen molar-refractivity contribution in [3.05, 3.63) is 53.6 Å². The largest absolute Gasteiger partial charge is 0.382 e. The van der Waals surface area contributed by atoms with Crippen molar-refractivity contribution in [3.63, 3.8) is 0 Å². The molecular weight excluding hydrogens is 395 g/mol. The molecule has 2 aliphatic heterocycles. The molecule has 4 heterocycles. The zero-order chi connectivity index (χ0) is 21.9. The maximum Gasteiger partial charge on any atom is 0.259 e. The molecule has 1 aromatic carbocycles. The normalized spacial score (nSPS) is 18.0. The van der Waals surface area contributed by atoms with Crippen LogP contribution in [0.15, 0.2) is 36.7 Å². The third-order valence-corrected chi connectivity index (χ3v) is 6.24.